The zero-order chi connectivity index (χ0) is 27.8. The Morgan fingerprint density at radius 1 is 0.974 bits per heavy atom. The maximum Gasteiger partial charge on any atom is 0.410 e. The second-order valence-electron chi connectivity index (χ2n) is 12.1. The number of carbonyl (C=O) groups is 3. The molecule has 1 spiro atoms. The van der Waals surface area contributed by atoms with Crippen molar-refractivity contribution in [3.63, 3.8) is 0 Å². The number of nitrogens with zero attached hydrogens (tertiary/aromatic N) is 1. The van der Waals surface area contributed by atoms with Crippen molar-refractivity contribution in [2.24, 2.45) is 0 Å². The SMILES string of the molecule is CC(C)(C)OC(=O)N1CCCC2(NC(=O)NC2=O)[C@H]1CO[Si](c1ccccc1)(c1ccccc1)C(C)(C)C. The van der Waals surface area contributed by atoms with Crippen molar-refractivity contribution in [3.8, 4) is 0 Å². The van der Waals surface area contributed by atoms with Gasteiger partial charge >= 0.3 is 12.1 Å². The first kappa shape index (κ1) is 27.9. The highest BCUT2D eigenvalue weighted by molar-refractivity contribution is 6.99. The van der Waals surface area contributed by atoms with Crippen LogP contribution >= 0.6 is 0 Å². The summed E-state index contributed by atoms with van der Waals surface area (Å²) in [5, 5.41) is 7.14. The number of likely N-dealkylation sites (tertiary alicyclic amines) is 1. The zero-order valence-corrected chi connectivity index (χ0v) is 24.2. The number of amides is 4. The molecule has 0 aromatic heterocycles. The first-order valence-electron chi connectivity index (χ1n) is 13.2. The summed E-state index contributed by atoms with van der Waals surface area (Å²) in [4.78, 5) is 40.6. The van der Waals surface area contributed by atoms with Crippen LogP contribution in [0.1, 0.15) is 54.4 Å². The van der Waals surface area contributed by atoms with Crippen LogP contribution < -0.4 is 21.0 Å². The van der Waals surface area contributed by atoms with Gasteiger partial charge in [0.15, 0.2) is 0 Å². The molecule has 4 amide bonds. The van der Waals surface area contributed by atoms with Crippen molar-refractivity contribution in [2.75, 3.05) is 13.2 Å². The number of benzene rings is 2. The van der Waals surface area contributed by atoms with Gasteiger partial charge in [-0.3, -0.25) is 10.1 Å². The maximum absolute atomic E-state index is 13.4. The van der Waals surface area contributed by atoms with Gasteiger partial charge in [0.2, 0.25) is 0 Å². The molecule has 4 rings (SSSR count). The molecule has 2 N–H and O–H groups in total. The Morgan fingerprint density at radius 2 is 1.53 bits per heavy atom. The molecule has 9 heteroatoms. The lowest BCUT2D eigenvalue weighted by atomic mass is 9.81. The standard InChI is InChI=1S/C29H39N3O5Si/c1-27(2,3)37-26(35)32-19-13-18-29(24(33)30-25(34)31-29)23(32)20-36-38(28(4,5)6,21-14-9-7-10-15-21)22-16-11-8-12-17-22/h7-12,14-17,23H,13,18-20H2,1-6H3,(H2,30,31,33,34)/t23-,29?/m1/s1. The van der Waals surface area contributed by atoms with Crippen molar-refractivity contribution in [1.29, 1.82) is 0 Å². The molecule has 2 aliphatic heterocycles. The van der Waals surface area contributed by atoms with E-state index in [1.165, 1.54) is 0 Å². The van der Waals surface area contributed by atoms with E-state index in [0.29, 0.717) is 19.4 Å². The predicted molar refractivity (Wildman–Crippen MR) is 149 cm³/mol. The monoisotopic (exact) mass is 537 g/mol. The van der Waals surface area contributed by atoms with Crippen LogP contribution in [0.25, 0.3) is 0 Å². The number of carbonyl (C=O) groups excluding carboxylic acids is 3. The van der Waals surface area contributed by atoms with Crippen LogP contribution in [-0.4, -0.2) is 61.6 Å². The third kappa shape index (κ3) is 5.09. The Hall–Kier alpha value is -3.17. The number of nitrogens with one attached hydrogen (secondary N) is 2. The second-order valence-corrected chi connectivity index (χ2v) is 16.5. The lowest BCUT2D eigenvalue weighted by molar-refractivity contribution is -0.129. The molecule has 2 heterocycles. The van der Waals surface area contributed by atoms with E-state index in [0.717, 1.165) is 10.4 Å². The molecule has 8 nitrogen and oxygen atoms in total. The number of hydrogen-bond acceptors (Lipinski definition) is 5. The van der Waals surface area contributed by atoms with E-state index in [-0.39, 0.29) is 11.6 Å². The van der Waals surface area contributed by atoms with Gasteiger partial charge in [-0.1, -0.05) is 81.4 Å². The highest BCUT2D eigenvalue weighted by Crippen LogP contribution is 2.39. The Kier molecular flexibility index (Phi) is 7.46. The van der Waals surface area contributed by atoms with E-state index in [4.69, 9.17) is 9.16 Å². The van der Waals surface area contributed by atoms with Crippen molar-refractivity contribution in [2.45, 2.75) is 76.6 Å². The number of ether oxygens (including phenoxy) is 1. The van der Waals surface area contributed by atoms with Crippen LogP contribution in [0.3, 0.4) is 0 Å². The Bertz CT molecular complexity index is 1140. The Balaban J connectivity index is 1.82. The molecule has 2 atom stereocenters. The third-order valence-electron chi connectivity index (χ3n) is 7.39. The van der Waals surface area contributed by atoms with Crippen LogP contribution in [0, 0.1) is 0 Å². The van der Waals surface area contributed by atoms with Crippen LogP contribution in [0.4, 0.5) is 9.59 Å². The molecular formula is C29H39N3O5Si. The fraction of sp³-hybridized carbons (Fsp3) is 0.483. The molecule has 0 aliphatic carbocycles. The largest absolute Gasteiger partial charge is 0.444 e. The topological polar surface area (TPSA) is 97.0 Å². The molecule has 38 heavy (non-hydrogen) atoms. The van der Waals surface area contributed by atoms with Gasteiger partial charge in [0, 0.05) is 6.54 Å². The van der Waals surface area contributed by atoms with Crippen molar-refractivity contribution in [3.05, 3.63) is 60.7 Å². The highest BCUT2D eigenvalue weighted by Gasteiger charge is 2.59. The first-order chi connectivity index (χ1) is 17.8. The molecule has 0 radical (unpaired) electrons. The molecule has 2 aliphatic rings. The van der Waals surface area contributed by atoms with Crippen molar-refractivity contribution >= 4 is 36.7 Å². The molecular weight excluding hydrogens is 498 g/mol. The number of urea groups is 1. The van der Waals surface area contributed by atoms with E-state index in [1.54, 1.807) is 4.90 Å². The van der Waals surface area contributed by atoms with Crippen molar-refractivity contribution < 1.29 is 23.5 Å². The normalized spacial score (nSPS) is 22.3. The number of rotatable bonds is 5. The number of imide groups is 1. The highest BCUT2D eigenvalue weighted by atomic mass is 28.4. The zero-order valence-electron chi connectivity index (χ0n) is 23.2. The number of hydrogen-bond donors (Lipinski definition) is 2. The maximum atomic E-state index is 13.4. The summed E-state index contributed by atoms with van der Waals surface area (Å²) < 4.78 is 12.9. The van der Waals surface area contributed by atoms with Crippen molar-refractivity contribution in [1.82, 2.24) is 15.5 Å². The van der Waals surface area contributed by atoms with Gasteiger partial charge in [-0.25, -0.2) is 9.59 Å². The molecule has 2 aromatic rings. The van der Waals surface area contributed by atoms with E-state index in [1.807, 2.05) is 57.2 Å². The summed E-state index contributed by atoms with van der Waals surface area (Å²) in [6.45, 7) is 12.4. The predicted octanol–water partition coefficient (Wildman–Crippen LogP) is 3.54. The van der Waals surface area contributed by atoms with Gasteiger partial charge in [-0.05, 0) is 49.0 Å². The van der Waals surface area contributed by atoms with Crippen LogP contribution in [0.5, 0.6) is 0 Å². The summed E-state index contributed by atoms with van der Waals surface area (Å²) in [6, 6.07) is 19.1. The van der Waals surface area contributed by atoms with Crippen LogP contribution in [-0.2, 0) is 14.0 Å². The fourth-order valence-corrected chi connectivity index (χ4v) is 10.3. The Morgan fingerprint density at radius 3 is 1.97 bits per heavy atom. The molecule has 2 aromatic carbocycles. The molecule has 1 unspecified atom stereocenters. The second kappa shape index (κ2) is 10.2. The average molecular weight is 538 g/mol. The summed E-state index contributed by atoms with van der Waals surface area (Å²) in [7, 11) is -2.97. The average Bonchev–Trinajstić information content (AvgIpc) is 3.12. The van der Waals surface area contributed by atoms with E-state index in [9.17, 15) is 14.4 Å². The summed E-state index contributed by atoms with van der Waals surface area (Å²) in [5.41, 5.74) is -2.01. The van der Waals surface area contributed by atoms with Gasteiger partial charge in [-0.2, -0.15) is 0 Å². The minimum absolute atomic E-state index is 0.0558. The summed E-state index contributed by atoms with van der Waals surface area (Å²) >= 11 is 0. The lowest BCUT2D eigenvalue weighted by Crippen LogP contribution is -2.72. The minimum atomic E-state index is -2.97. The lowest BCUT2D eigenvalue weighted by Gasteiger charge is -2.49. The molecule has 204 valence electrons. The molecule has 2 saturated heterocycles. The summed E-state index contributed by atoms with van der Waals surface area (Å²) in [6.07, 6.45) is 0.419. The van der Waals surface area contributed by atoms with Crippen LogP contribution in [0.2, 0.25) is 5.04 Å². The first-order valence-corrected chi connectivity index (χ1v) is 15.1. The minimum Gasteiger partial charge on any atom is -0.444 e. The summed E-state index contributed by atoms with van der Waals surface area (Å²) in [5.74, 6) is -0.438. The molecule has 0 saturated carbocycles. The number of piperidine rings is 1. The van der Waals surface area contributed by atoms with E-state index in [2.05, 4.69) is 55.7 Å². The van der Waals surface area contributed by atoms with Gasteiger partial charge in [0.05, 0.1) is 12.6 Å². The third-order valence-corrected chi connectivity index (χ3v) is 12.4. The molecule has 2 fully saturated rings. The smallest absolute Gasteiger partial charge is 0.410 e. The van der Waals surface area contributed by atoms with Gasteiger partial charge in [0.25, 0.3) is 14.2 Å². The van der Waals surface area contributed by atoms with E-state index < -0.39 is 43.5 Å². The van der Waals surface area contributed by atoms with Crippen LogP contribution in [0.15, 0.2) is 60.7 Å². The fourth-order valence-electron chi connectivity index (χ4n) is 5.77. The quantitative estimate of drug-likeness (QED) is 0.449. The Labute approximate surface area is 226 Å². The van der Waals surface area contributed by atoms with Gasteiger partial charge in [0.1, 0.15) is 11.1 Å². The molecule has 0 bridgehead atoms. The van der Waals surface area contributed by atoms with Gasteiger partial charge in [-0.15, -0.1) is 0 Å². The van der Waals surface area contributed by atoms with E-state index >= 15 is 0 Å². The van der Waals surface area contributed by atoms with Gasteiger partial charge < -0.3 is 19.4 Å².